The van der Waals surface area contributed by atoms with Gasteiger partial charge in [-0.05, 0) is 66.8 Å². The Bertz CT molecular complexity index is 1710. The highest BCUT2D eigenvalue weighted by molar-refractivity contribution is 6.01. The van der Waals surface area contributed by atoms with E-state index in [0.29, 0.717) is 0 Å². The molecule has 8 heteroatoms. The van der Waals surface area contributed by atoms with Gasteiger partial charge in [0.15, 0.2) is 0 Å². The highest BCUT2D eigenvalue weighted by Crippen LogP contribution is 2.34. The molecule has 1 aliphatic carbocycles. The maximum absolute atomic E-state index is 4.71. The van der Waals surface area contributed by atoms with Crippen molar-refractivity contribution < 1.29 is 0 Å². The predicted molar refractivity (Wildman–Crippen MR) is 149 cm³/mol. The number of pyridine rings is 4. The highest BCUT2D eigenvalue weighted by atomic mass is 15.1. The molecule has 7 rings (SSSR count). The molecule has 38 heavy (non-hydrogen) atoms. The van der Waals surface area contributed by atoms with Crippen LogP contribution in [0.25, 0.3) is 55.6 Å². The number of hydrogen-bond acceptors (Lipinski definition) is 6. The van der Waals surface area contributed by atoms with Crippen LogP contribution in [0.1, 0.15) is 31.2 Å². The average Bonchev–Trinajstić information content (AvgIpc) is 3.73. The molecule has 6 aromatic heterocycles. The predicted octanol–water partition coefficient (Wildman–Crippen LogP) is 5.91. The van der Waals surface area contributed by atoms with Crippen molar-refractivity contribution in [3.63, 3.8) is 0 Å². The number of H-pyrrole nitrogens is 2. The second-order valence-corrected chi connectivity index (χ2v) is 10.1. The first-order valence-corrected chi connectivity index (χ1v) is 13.2. The number of nitrogens with one attached hydrogen (secondary N) is 3. The number of fused-ring (bicyclic) bond motifs is 2. The van der Waals surface area contributed by atoms with Crippen molar-refractivity contribution >= 4 is 21.8 Å². The molecule has 1 aliphatic rings. The van der Waals surface area contributed by atoms with Crippen LogP contribution >= 0.6 is 0 Å². The van der Waals surface area contributed by atoms with Crippen LogP contribution in [0.3, 0.4) is 0 Å². The van der Waals surface area contributed by atoms with E-state index in [1.807, 2.05) is 43.1 Å². The summed E-state index contributed by atoms with van der Waals surface area (Å²) in [5, 5.41) is 13.5. The van der Waals surface area contributed by atoms with Gasteiger partial charge >= 0.3 is 0 Å². The molecule has 1 fully saturated rings. The molecule has 0 saturated heterocycles. The highest BCUT2D eigenvalue weighted by Gasteiger charge is 2.16. The lowest BCUT2D eigenvalue weighted by atomic mass is 10.0. The summed E-state index contributed by atoms with van der Waals surface area (Å²) < 4.78 is 0. The van der Waals surface area contributed by atoms with E-state index in [1.165, 1.54) is 31.2 Å². The minimum absolute atomic E-state index is 0.816. The monoisotopic (exact) mass is 500 g/mol. The minimum atomic E-state index is 0.816. The first-order valence-electron chi connectivity index (χ1n) is 13.2. The molecule has 0 spiro atoms. The zero-order chi connectivity index (χ0) is 25.3. The molecule has 6 aromatic rings. The summed E-state index contributed by atoms with van der Waals surface area (Å²) in [5.74, 6) is 0.816. The lowest BCUT2D eigenvalue weighted by Crippen LogP contribution is -2.20. The molecular formula is C30H28N8. The van der Waals surface area contributed by atoms with Gasteiger partial charge in [0.1, 0.15) is 5.69 Å². The molecule has 3 N–H and O–H groups in total. The fourth-order valence-corrected chi connectivity index (χ4v) is 5.58. The van der Waals surface area contributed by atoms with Crippen LogP contribution < -0.4 is 5.32 Å². The van der Waals surface area contributed by atoms with E-state index < -0.39 is 0 Å². The summed E-state index contributed by atoms with van der Waals surface area (Å²) in [5.41, 5.74) is 8.80. The summed E-state index contributed by atoms with van der Waals surface area (Å²) in [6, 6.07) is 10.4. The van der Waals surface area contributed by atoms with E-state index in [-0.39, 0.29) is 0 Å². The van der Waals surface area contributed by atoms with Gasteiger partial charge in [0.05, 0.1) is 34.8 Å². The summed E-state index contributed by atoms with van der Waals surface area (Å²) in [6.07, 6.45) is 18.4. The van der Waals surface area contributed by atoms with E-state index in [1.54, 1.807) is 12.4 Å². The molecule has 6 heterocycles. The van der Waals surface area contributed by atoms with Gasteiger partial charge in [-0.2, -0.15) is 5.10 Å². The molecular weight excluding hydrogens is 472 g/mol. The first-order chi connectivity index (χ1) is 18.8. The van der Waals surface area contributed by atoms with E-state index in [9.17, 15) is 0 Å². The lowest BCUT2D eigenvalue weighted by Gasteiger charge is -2.11. The van der Waals surface area contributed by atoms with Crippen LogP contribution in [0.2, 0.25) is 0 Å². The molecule has 1 saturated carbocycles. The topological polar surface area (TPSA) is 108 Å². The Morgan fingerprint density at radius 2 is 1.68 bits per heavy atom. The maximum Gasteiger partial charge on any atom is 0.116 e. The van der Waals surface area contributed by atoms with Crippen LogP contribution in [-0.4, -0.2) is 41.7 Å². The Balaban J connectivity index is 1.20. The van der Waals surface area contributed by atoms with Crippen LogP contribution in [0, 0.1) is 5.92 Å². The van der Waals surface area contributed by atoms with Crippen molar-refractivity contribution in [3.05, 3.63) is 79.3 Å². The fraction of sp³-hybridized carbons (Fsp3) is 0.233. The fourth-order valence-electron chi connectivity index (χ4n) is 5.58. The molecule has 0 unspecified atom stereocenters. The van der Waals surface area contributed by atoms with E-state index in [2.05, 4.69) is 53.6 Å². The Kier molecular flexibility index (Phi) is 5.86. The smallest absolute Gasteiger partial charge is 0.116 e. The Morgan fingerprint density at radius 1 is 0.816 bits per heavy atom. The minimum Gasteiger partial charge on any atom is -0.352 e. The van der Waals surface area contributed by atoms with Gasteiger partial charge in [-0.3, -0.25) is 25.0 Å². The van der Waals surface area contributed by atoms with Gasteiger partial charge in [0, 0.05) is 59.4 Å². The SMILES string of the molecule is c1cc(-c2cncc3[nH]c(-c4n[nH]c5cnc(-c6cncc(CNCC7CCCC7)c6)cc45)cc23)ccn1. The van der Waals surface area contributed by atoms with Crippen LogP contribution in [-0.2, 0) is 6.54 Å². The molecule has 0 amide bonds. The van der Waals surface area contributed by atoms with Crippen molar-refractivity contribution in [2.75, 3.05) is 6.54 Å². The molecule has 0 bridgehead atoms. The Hall–Kier alpha value is -4.43. The maximum atomic E-state index is 4.71. The summed E-state index contributed by atoms with van der Waals surface area (Å²) in [4.78, 5) is 21.3. The number of nitrogens with zero attached hydrogens (tertiary/aromatic N) is 5. The number of aromatic nitrogens is 7. The average molecular weight is 501 g/mol. The third-order valence-corrected chi connectivity index (χ3v) is 7.57. The standard InChI is InChI=1S/C30H28N8/c1-2-4-19(3-1)12-32-13-20-9-22(15-33-14-20)26-11-24-29(18-35-26)37-38-30(24)27-10-23-25(16-34-17-28(23)36-27)21-5-7-31-8-6-21/h5-11,14-19,32,36H,1-4,12-13H2,(H,37,38). The molecule has 188 valence electrons. The summed E-state index contributed by atoms with van der Waals surface area (Å²) in [7, 11) is 0. The molecule has 0 atom stereocenters. The van der Waals surface area contributed by atoms with Crippen molar-refractivity contribution in [2.45, 2.75) is 32.2 Å². The van der Waals surface area contributed by atoms with Gasteiger partial charge in [0.25, 0.3) is 0 Å². The van der Waals surface area contributed by atoms with Gasteiger partial charge in [0.2, 0.25) is 0 Å². The van der Waals surface area contributed by atoms with Crippen molar-refractivity contribution in [1.29, 1.82) is 0 Å². The normalized spacial score (nSPS) is 14.1. The molecule has 0 aliphatic heterocycles. The van der Waals surface area contributed by atoms with Gasteiger partial charge in [-0.25, -0.2) is 0 Å². The summed E-state index contributed by atoms with van der Waals surface area (Å²) >= 11 is 0. The van der Waals surface area contributed by atoms with Gasteiger partial charge in [-0.1, -0.05) is 12.8 Å². The Labute approximate surface area is 220 Å². The van der Waals surface area contributed by atoms with Crippen LogP contribution in [0.15, 0.2) is 73.7 Å². The van der Waals surface area contributed by atoms with E-state index in [0.717, 1.165) is 74.6 Å². The second kappa shape index (κ2) is 9.79. The van der Waals surface area contributed by atoms with Gasteiger partial charge < -0.3 is 10.3 Å². The lowest BCUT2D eigenvalue weighted by molar-refractivity contribution is 0.489. The van der Waals surface area contributed by atoms with Crippen molar-refractivity contribution in [1.82, 2.24) is 40.4 Å². The number of rotatable bonds is 7. The van der Waals surface area contributed by atoms with Crippen LogP contribution in [0.4, 0.5) is 0 Å². The van der Waals surface area contributed by atoms with Crippen LogP contribution in [0.5, 0.6) is 0 Å². The summed E-state index contributed by atoms with van der Waals surface area (Å²) in [6.45, 7) is 1.90. The van der Waals surface area contributed by atoms with E-state index >= 15 is 0 Å². The molecule has 0 aromatic carbocycles. The molecule has 0 radical (unpaired) electrons. The van der Waals surface area contributed by atoms with E-state index in [4.69, 9.17) is 4.98 Å². The quantitative estimate of drug-likeness (QED) is 0.252. The van der Waals surface area contributed by atoms with Crippen molar-refractivity contribution in [2.24, 2.45) is 5.92 Å². The first kappa shape index (κ1) is 22.7. The second-order valence-electron chi connectivity index (χ2n) is 10.1. The third kappa shape index (κ3) is 4.33. The number of hydrogen-bond donors (Lipinski definition) is 3. The number of aromatic amines is 2. The van der Waals surface area contributed by atoms with Crippen molar-refractivity contribution in [3.8, 4) is 33.8 Å². The largest absolute Gasteiger partial charge is 0.352 e. The van der Waals surface area contributed by atoms with Gasteiger partial charge in [-0.15, -0.1) is 0 Å². The Morgan fingerprint density at radius 3 is 2.58 bits per heavy atom. The zero-order valence-electron chi connectivity index (χ0n) is 21.0. The zero-order valence-corrected chi connectivity index (χ0v) is 21.0. The third-order valence-electron chi connectivity index (χ3n) is 7.57. The molecule has 8 nitrogen and oxygen atoms in total.